The molecule has 10 heteroatoms. The Morgan fingerprint density at radius 2 is 1.62 bits per heavy atom. The number of carbonyl (C=O) groups excluding carboxylic acids is 1. The molecule has 2 aromatic rings. The summed E-state index contributed by atoms with van der Waals surface area (Å²) in [6.45, 7) is 0. The second kappa shape index (κ2) is 10.5. The van der Waals surface area contributed by atoms with Crippen LogP contribution < -0.4 is 16.0 Å². The quantitative estimate of drug-likeness (QED) is 0.218. The van der Waals surface area contributed by atoms with E-state index in [1.807, 2.05) is 30.3 Å². The van der Waals surface area contributed by atoms with Gasteiger partial charge in [0.25, 0.3) is 0 Å². The highest BCUT2D eigenvalue weighted by Crippen LogP contribution is 2.29. The maximum Gasteiger partial charge on any atom is 0.337 e. The first-order chi connectivity index (χ1) is 13.7. The summed E-state index contributed by atoms with van der Waals surface area (Å²) in [7, 11) is 0. The van der Waals surface area contributed by atoms with Gasteiger partial charge in [0.15, 0.2) is 5.11 Å². The van der Waals surface area contributed by atoms with E-state index in [1.54, 1.807) is 18.2 Å². The van der Waals surface area contributed by atoms with Crippen LogP contribution in [0.3, 0.4) is 0 Å². The summed E-state index contributed by atoms with van der Waals surface area (Å²) in [4.78, 5) is 23.5. The highest BCUT2D eigenvalue weighted by molar-refractivity contribution is 7.80. The predicted molar refractivity (Wildman–Crippen MR) is 120 cm³/mol. The average molecular weight is 473 g/mol. The molecular weight excluding hydrogens is 457 g/mol. The number of carboxylic acids is 1. The summed E-state index contributed by atoms with van der Waals surface area (Å²) >= 11 is 23.0. The number of carbonyl (C=O) groups is 2. The Bertz CT molecular complexity index is 918. The normalized spacial score (nSPS) is 12.2. The fourth-order valence-corrected chi connectivity index (χ4v) is 2.75. The molecule has 0 saturated heterocycles. The summed E-state index contributed by atoms with van der Waals surface area (Å²) in [5, 5.41) is 17.1. The van der Waals surface area contributed by atoms with Crippen LogP contribution in [0.4, 0.5) is 5.69 Å². The fourth-order valence-electron chi connectivity index (χ4n) is 2.19. The van der Waals surface area contributed by atoms with Crippen molar-refractivity contribution in [3.05, 3.63) is 71.8 Å². The van der Waals surface area contributed by atoms with Gasteiger partial charge in [0.1, 0.15) is 6.17 Å². The molecule has 2 rings (SSSR count). The van der Waals surface area contributed by atoms with E-state index in [0.29, 0.717) is 0 Å². The zero-order chi connectivity index (χ0) is 21.4. The van der Waals surface area contributed by atoms with E-state index in [9.17, 15) is 14.7 Å². The molecular formula is C19H16Cl3N3O3S. The third-order valence-corrected chi connectivity index (χ3v) is 4.40. The number of amides is 1. The molecule has 0 heterocycles. The van der Waals surface area contributed by atoms with Crippen LogP contribution >= 0.6 is 47.0 Å². The van der Waals surface area contributed by atoms with Crippen LogP contribution in [0.25, 0.3) is 6.08 Å². The van der Waals surface area contributed by atoms with Gasteiger partial charge in [-0.05, 0) is 36.0 Å². The number of hydrogen-bond acceptors (Lipinski definition) is 3. The van der Waals surface area contributed by atoms with Gasteiger partial charge in [-0.3, -0.25) is 4.79 Å². The molecule has 0 fully saturated rings. The van der Waals surface area contributed by atoms with Crippen LogP contribution in [0, 0.1) is 0 Å². The minimum absolute atomic E-state index is 0.0110. The number of halogens is 3. The van der Waals surface area contributed by atoms with Gasteiger partial charge in [0.2, 0.25) is 9.70 Å². The number of hydrogen-bond donors (Lipinski definition) is 4. The summed E-state index contributed by atoms with van der Waals surface area (Å²) in [5.41, 5.74) is 1.08. The Balaban J connectivity index is 2.05. The average Bonchev–Trinajstić information content (AvgIpc) is 2.66. The molecule has 6 nitrogen and oxygen atoms in total. The summed E-state index contributed by atoms with van der Waals surface area (Å²) in [6.07, 6.45) is 1.71. The van der Waals surface area contributed by atoms with Crippen molar-refractivity contribution >= 4 is 75.8 Å². The lowest BCUT2D eigenvalue weighted by molar-refractivity contribution is -0.117. The molecule has 152 valence electrons. The van der Waals surface area contributed by atoms with Crippen LogP contribution in [-0.4, -0.2) is 32.1 Å². The van der Waals surface area contributed by atoms with Gasteiger partial charge in [-0.1, -0.05) is 77.3 Å². The molecule has 0 saturated carbocycles. The second-order valence-corrected chi connectivity index (χ2v) is 8.45. The molecule has 0 unspecified atom stereocenters. The second-order valence-electron chi connectivity index (χ2n) is 5.68. The van der Waals surface area contributed by atoms with E-state index in [4.69, 9.17) is 47.0 Å². The van der Waals surface area contributed by atoms with Crippen LogP contribution in [0.5, 0.6) is 0 Å². The lowest BCUT2D eigenvalue weighted by Gasteiger charge is -2.27. The van der Waals surface area contributed by atoms with Crippen molar-refractivity contribution < 1.29 is 14.7 Å². The summed E-state index contributed by atoms with van der Waals surface area (Å²) in [6, 6.07) is 15.3. The van der Waals surface area contributed by atoms with E-state index >= 15 is 0 Å². The largest absolute Gasteiger partial charge is 0.478 e. The fraction of sp³-hybridized carbons (Fsp3) is 0.105. The van der Waals surface area contributed by atoms with Gasteiger partial charge >= 0.3 is 5.97 Å². The smallest absolute Gasteiger partial charge is 0.337 e. The number of alkyl halides is 3. The molecule has 0 aliphatic heterocycles. The van der Waals surface area contributed by atoms with Crippen LogP contribution in [0.2, 0.25) is 0 Å². The van der Waals surface area contributed by atoms with Gasteiger partial charge in [0.05, 0.1) is 11.3 Å². The summed E-state index contributed by atoms with van der Waals surface area (Å²) in [5.74, 6) is -1.65. The third-order valence-electron chi connectivity index (χ3n) is 3.52. The Hall–Kier alpha value is -2.32. The minimum atomic E-state index is -1.94. The number of rotatable bonds is 6. The molecule has 0 aliphatic rings. The van der Waals surface area contributed by atoms with Crippen LogP contribution in [0.1, 0.15) is 15.9 Å². The van der Waals surface area contributed by atoms with Crippen molar-refractivity contribution in [1.82, 2.24) is 10.6 Å². The van der Waals surface area contributed by atoms with E-state index < -0.39 is 21.8 Å². The number of benzene rings is 2. The van der Waals surface area contributed by atoms with Crippen LogP contribution in [0.15, 0.2) is 60.7 Å². The highest BCUT2D eigenvalue weighted by Gasteiger charge is 2.34. The van der Waals surface area contributed by atoms with E-state index in [-0.39, 0.29) is 16.4 Å². The van der Waals surface area contributed by atoms with Gasteiger partial charge in [-0.15, -0.1) is 0 Å². The molecule has 29 heavy (non-hydrogen) atoms. The Morgan fingerprint density at radius 3 is 2.24 bits per heavy atom. The molecule has 1 atom stereocenters. The molecule has 4 N–H and O–H groups in total. The number of anilines is 1. The van der Waals surface area contributed by atoms with Gasteiger partial charge in [0, 0.05) is 6.08 Å². The molecule has 0 radical (unpaired) electrons. The molecule has 0 bridgehead atoms. The molecule has 1 amide bonds. The van der Waals surface area contributed by atoms with E-state index in [1.165, 1.54) is 18.2 Å². The SMILES string of the molecule is O=C(/C=C/c1ccccc1)N[C@@H](NC(=S)Nc1ccccc1C(=O)O)C(Cl)(Cl)Cl. The van der Waals surface area contributed by atoms with Crippen molar-refractivity contribution in [3.63, 3.8) is 0 Å². The lowest BCUT2D eigenvalue weighted by atomic mass is 10.2. The standard InChI is InChI=1S/C19H16Cl3N3O3S/c20-19(21,22)17(24-15(26)11-10-12-6-2-1-3-7-12)25-18(29)23-14-9-5-4-8-13(14)16(27)28/h1-11,17H,(H,24,26)(H,27,28)(H2,23,25,29)/b11-10+/t17-/m0/s1. The maximum absolute atomic E-state index is 12.2. The van der Waals surface area contributed by atoms with E-state index in [2.05, 4.69) is 16.0 Å². The number of thiocarbonyl (C=S) groups is 1. The first-order valence-corrected chi connectivity index (χ1v) is 9.71. The van der Waals surface area contributed by atoms with Crippen molar-refractivity contribution in [2.24, 2.45) is 0 Å². The van der Waals surface area contributed by atoms with Crippen LogP contribution in [-0.2, 0) is 4.79 Å². The van der Waals surface area contributed by atoms with Gasteiger partial charge in [-0.25, -0.2) is 4.79 Å². The molecule has 0 spiro atoms. The topological polar surface area (TPSA) is 90.5 Å². The monoisotopic (exact) mass is 471 g/mol. The number of nitrogens with one attached hydrogen (secondary N) is 3. The van der Waals surface area contributed by atoms with Crippen molar-refractivity contribution in [2.45, 2.75) is 9.96 Å². The number of carboxylic acid groups (broad SMARTS) is 1. The van der Waals surface area contributed by atoms with Crippen molar-refractivity contribution in [2.75, 3.05) is 5.32 Å². The maximum atomic E-state index is 12.2. The first kappa shape index (κ1) is 23.0. The highest BCUT2D eigenvalue weighted by atomic mass is 35.6. The van der Waals surface area contributed by atoms with Gasteiger partial charge in [-0.2, -0.15) is 0 Å². The molecule has 2 aromatic carbocycles. The third kappa shape index (κ3) is 7.55. The van der Waals surface area contributed by atoms with Gasteiger partial charge < -0.3 is 21.1 Å². The van der Waals surface area contributed by atoms with E-state index in [0.717, 1.165) is 5.56 Å². The zero-order valence-electron chi connectivity index (χ0n) is 14.7. The molecule has 0 aliphatic carbocycles. The minimum Gasteiger partial charge on any atom is -0.478 e. The number of para-hydroxylation sites is 1. The Kier molecular flexibility index (Phi) is 8.28. The molecule has 0 aromatic heterocycles. The number of aromatic carboxylic acids is 1. The lowest BCUT2D eigenvalue weighted by Crippen LogP contribution is -2.55. The predicted octanol–water partition coefficient (Wildman–Crippen LogP) is 4.20. The zero-order valence-corrected chi connectivity index (χ0v) is 17.8. The Labute approximate surface area is 187 Å². The Morgan fingerprint density at radius 1 is 1.00 bits per heavy atom. The first-order valence-electron chi connectivity index (χ1n) is 8.17. The summed E-state index contributed by atoms with van der Waals surface area (Å²) < 4.78 is -1.94. The van der Waals surface area contributed by atoms with Crippen molar-refractivity contribution in [1.29, 1.82) is 0 Å². The van der Waals surface area contributed by atoms with Crippen molar-refractivity contribution in [3.8, 4) is 0 Å².